The van der Waals surface area contributed by atoms with Gasteiger partial charge in [0.05, 0.1) is 17.4 Å². The second-order valence-corrected chi connectivity index (χ2v) is 8.96. The molecule has 4 rings (SSSR count). The molecule has 0 aliphatic heterocycles. The minimum atomic E-state index is -3.92. The van der Waals surface area contributed by atoms with Crippen LogP contribution in [-0.2, 0) is 16.6 Å². The summed E-state index contributed by atoms with van der Waals surface area (Å²) in [4.78, 5) is 16.9. The molecule has 0 saturated heterocycles. The maximum Gasteiger partial charge on any atom is 0.277 e. The summed E-state index contributed by atoms with van der Waals surface area (Å²) in [5.41, 5.74) is 1.25. The summed E-state index contributed by atoms with van der Waals surface area (Å²) < 4.78 is 35.1. The van der Waals surface area contributed by atoms with Crippen molar-refractivity contribution in [2.24, 2.45) is 5.14 Å². The van der Waals surface area contributed by atoms with Crippen molar-refractivity contribution in [3.05, 3.63) is 46.8 Å². The van der Waals surface area contributed by atoms with E-state index in [-0.39, 0.29) is 10.3 Å². The summed E-state index contributed by atoms with van der Waals surface area (Å²) >= 11 is 1.42. The van der Waals surface area contributed by atoms with E-state index in [9.17, 15) is 13.2 Å². The van der Waals surface area contributed by atoms with Crippen LogP contribution in [0.2, 0.25) is 0 Å². The minimum absolute atomic E-state index is 0.144. The van der Waals surface area contributed by atoms with Crippen molar-refractivity contribution in [3.8, 4) is 5.75 Å². The lowest BCUT2D eigenvalue weighted by Gasteiger charge is -2.05. The van der Waals surface area contributed by atoms with Gasteiger partial charge >= 0.3 is 0 Å². The number of methoxy groups -OCH3 is 1. The topological polar surface area (TPSA) is 143 Å². The molecule has 0 unspecified atom stereocenters. The molecule has 156 valence electrons. The number of primary sulfonamides is 1. The van der Waals surface area contributed by atoms with Gasteiger partial charge in [0.1, 0.15) is 16.8 Å². The van der Waals surface area contributed by atoms with Crippen molar-refractivity contribution < 1.29 is 17.6 Å². The SMILES string of the molecule is COc1ccc2nc(SCCCn3nnc4ccc(S(N)(=O)=O)cc4c3=O)oc2c1. The first-order valence-corrected chi connectivity index (χ1v) is 11.4. The lowest BCUT2D eigenvalue weighted by molar-refractivity contribution is 0.413. The third-order valence-corrected chi connectivity index (χ3v) is 6.16. The molecule has 2 aromatic carbocycles. The number of sulfonamides is 1. The van der Waals surface area contributed by atoms with E-state index in [0.717, 1.165) is 5.52 Å². The zero-order chi connectivity index (χ0) is 21.3. The summed E-state index contributed by atoms with van der Waals surface area (Å²) in [6.45, 7) is 0.308. The summed E-state index contributed by atoms with van der Waals surface area (Å²) in [5.74, 6) is 1.32. The fourth-order valence-electron chi connectivity index (χ4n) is 2.83. The highest BCUT2D eigenvalue weighted by Gasteiger charge is 2.13. The molecule has 4 aromatic rings. The third kappa shape index (κ3) is 4.15. The van der Waals surface area contributed by atoms with E-state index in [4.69, 9.17) is 14.3 Å². The molecular weight excluding hydrogens is 430 g/mol. The standard InChI is InChI=1S/C18H17N5O5S2/c1-27-11-3-5-15-16(9-11)28-18(20-15)29-8-2-7-23-17(24)13-10-12(30(19,25)26)4-6-14(13)21-22-23/h3-6,9-10H,2,7-8H2,1H3,(H2,19,25,26). The third-order valence-electron chi connectivity index (χ3n) is 4.34. The number of aryl methyl sites for hydroxylation is 1. The molecule has 2 aromatic heterocycles. The van der Waals surface area contributed by atoms with Crippen LogP contribution >= 0.6 is 11.8 Å². The summed E-state index contributed by atoms with van der Waals surface area (Å²) in [6.07, 6.45) is 0.599. The van der Waals surface area contributed by atoms with Crippen LogP contribution in [0.5, 0.6) is 5.75 Å². The minimum Gasteiger partial charge on any atom is -0.497 e. The Kier molecular flexibility index (Phi) is 5.45. The van der Waals surface area contributed by atoms with Gasteiger partial charge in [-0.1, -0.05) is 17.0 Å². The second-order valence-electron chi connectivity index (χ2n) is 6.36. The maximum absolute atomic E-state index is 12.6. The number of fused-ring (bicyclic) bond motifs is 2. The number of hydrogen-bond donors (Lipinski definition) is 1. The first-order chi connectivity index (χ1) is 14.3. The van der Waals surface area contributed by atoms with Gasteiger partial charge in [0.2, 0.25) is 10.0 Å². The van der Waals surface area contributed by atoms with Gasteiger partial charge in [-0.2, -0.15) is 0 Å². The largest absolute Gasteiger partial charge is 0.497 e. The van der Waals surface area contributed by atoms with Gasteiger partial charge in [-0.15, -0.1) is 5.10 Å². The summed E-state index contributed by atoms with van der Waals surface area (Å²) in [5, 5.41) is 13.7. The van der Waals surface area contributed by atoms with E-state index < -0.39 is 15.6 Å². The Hall–Kier alpha value is -2.96. The van der Waals surface area contributed by atoms with E-state index in [1.165, 1.54) is 34.6 Å². The lowest BCUT2D eigenvalue weighted by atomic mass is 10.2. The van der Waals surface area contributed by atoms with E-state index in [2.05, 4.69) is 15.3 Å². The molecule has 12 heteroatoms. The Balaban J connectivity index is 1.45. The Labute approximate surface area is 175 Å². The predicted octanol–water partition coefficient (Wildman–Crippen LogP) is 1.77. The number of nitrogens with zero attached hydrogens (tertiary/aromatic N) is 4. The fourth-order valence-corrected chi connectivity index (χ4v) is 4.12. The van der Waals surface area contributed by atoms with Crippen molar-refractivity contribution in [1.29, 1.82) is 0 Å². The Morgan fingerprint density at radius 3 is 2.77 bits per heavy atom. The molecule has 30 heavy (non-hydrogen) atoms. The predicted molar refractivity (Wildman–Crippen MR) is 111 cm³/mol. The summed E-state index contributed by atoms with van der Waals surface area (Å²) in [7, 11) is -2.33. The second kappa shape index (κ2) is 8.05. The van der Waals surface area contributed by atoms with Gasteiger partial charge in [0, 0.05) is 18.4 Å². The summed E-state index contributed by atoms with van der Waals surface area (Å²) in [6, 6.07) is 9.33. The van der Waals surface area contributed by atoms with Crippen molar-refractivity contribution in [2.45, 2.75) is 23.1 Å². The van der Waals surface area contributed by atoms with E-state index in [1.54, 1.807) is 13.2 Å². The monoisotopic (exact) mass is 447 g/mol. The molecule has 0 fully saturated rings. The highest BCUT2D eigenvalue weighted by Crippen LogP contribution is 2.26. The number of aromatic nitrogens is 4. The van der Waals surface area contributed by atoms with Gasteiger partial charge in [0.25, 0.3) is 10.8 Å². The normalized spacial score (nSPS) is 11.9. The zero-order valence-corrected chi connectivity index (χ0v) is 17.4. The van der Waals surface area contributed by atoms with Crippen molar-refractivity contribution >= 4 is 43.8 Å². The average molecular weight is 447 g/mol. The molecule has 0 spiro atoms. The van der Waals surface area contributed by atoms with Gasteiger partial charge in [-0.3, -0.25) is 4.79 Å². The quantitative estimate of drug-likeness (QED) is 0.331. The Morgan fingerprint density at radius 1 is 1.20 bits per heavy atom. The van der Waals surface area contributed by atoms with E-state index in [0.29, 0.717) is 40.8 Å². The lowest BCUT2D eigenvalue weighted by Crippen LogP contribution is -2.25. The highest BCUT2D eigenvalue weighted by molar-refractivity contribution is 7.99. The van der Waals surface area contributed by atoms with Crippen LogP contribution < -0.4 is 15.4 Å². The zero-order valence-electron chi connectivity index (χ0n) is 15.8. The van der Waals surface area contributed by atoms with Gasteiger partial charge in [-0.25, -0.2) is 23.2 Å². The van der Waals surface area contributed by atoms with Crippen molar-refractivity contribution in [3.63, 3.8) is 0 Å². The van der Waals surface area contributed by atoms with Crippen molar-refractivity contribution in [2.75, 3.05) is 12.9 Å². The van der Waals surface area contributed by atoms with Gasteiger partial charge in [0.15, 0.2) is 5.58 Å². The van der Waals surface area contributed by atoms with Crippen LogP contribution in [0.4, 0.5) is 0 Å². The van der Waals surface area contributed by atoms with Gasteiger partial charge < -0.3 is 9.15 Å². The van der Waals surface area contributed by atoms with Crippen LogP contribution in [0.15, 0.2) is 55.7 Å². The number of ether oxygens (including phenoxy) is 1. The van der Waals surface area contributed by atoms with Crippen LogP contribution in [0, 0.1) is 0 Å². The van der Waals surface area contributed by atoms with Crippen LogP contribution in [0.1, 0.15) is 6.42 Å². The molecule has 0 atom stereocenters. The fraction of sp³-hybridized carbons (Fsp3) is 0.222. The van der Waals surface area contributed by atoms with Crippen LogP contribution in [0.3, 0.4) is 0 Å². The number of thioether (sulfide) groups is 1. The molecule has 0 saturated carbocycles. The molecule has 0 bridgehead atoms. The maximum atomic E-state index is 12.6. The van der Waals surface area contributed by atoms with E-state index in [1.807, 2.05) is 12.1 Å². The Morgan fingerprint density at radius 2 is 2.00 bits per heavy atom. The molecule has 0 amide bonds. The first-order valence-electron chi connectivity index (χ1n) is 8.83. The molecule has 0 radical (unpaired) electrons. The molecular formula is C18H17N5O5S2. The average Bonchev–Trinajstić information content (AvgIpc) is 3.13. The number of benzene rings is 2. The van der Waals surface area contributed by atoms with Gasteiger partial charge in [-0.05, 0) is 36.8 Å². The molecule has 10 nitrogen and oxygen atoms in total. The molecule has 2 N–H and O–H groups in total. The molecule has 0 aliphatic rings. The van der Waals surface area contributed by atoms with Crippen LogP contribution in [0.25, 0.3) is 22.0 Å². The van der Waals surface area contributed by atoms with Crippen LogP contribution in [-0.4, -0.2) is 41.3 Å². The molecule has 0 aliphatic carbocycles. The van der Waals surface area contributed by atoms with Crippen molar-refractivity contribution in [1.82, 2.24) is 20.0 Å². The number of rotatable bonds is 7. The van der Waals surface area contributed by atoms with E-state index >= 15 is 0 Å². The first kappa shape index (κ1) is 20.3. The number of nitrogens with two attached hydrogens (primary N) is 1. The number of hydrogen-bond acceptors (Lipinski definition) is 9. The number of oxazole rings is 1. The highest BCUT2D eigenvalue weighted by atomic mass is 32.2. The molecule has 2 heterocycles. The Bertz CT molecular complexity index is 1400. The smallest absolute Gasteiger partial charge is 0.277 e.